The molecule has 1 aromatic heterocycles. The van der Waals surface area contributed by atoms with E-state index >= 15 is 0 Å². The van der Waals surface area contributed by atoms with E-state index < -0.39 is 41.3 Å². The number of nitrogens with zero attached hydrogens (tertiary/aromatic N) is 4. The van der Waals surface area contributed by atoms with Crippen molar-refractivity contribution >= 4 is 44.5 Å². The van der Waals surface area contributed by atoms with Crippen LogP contribution in [0.3, 0.4) is 0 Å². The van der Waals surface area contributed by atoms with Crippen molar-refractivity contribution in [2.24, 2.45) is 5.92 Å². The molecule has 6 nitrogen and oxygen atoms in total. The summed E-state index contributed by atoms with van der Waals surface area (Å²) in [5.41, 5.74) is 1.49. The predicted octanol–water partition coefficient (Wildman–Crippen LogP) is 7.58. The molecule has 2 atom stereocenters. The van der Waals surface area contributed by atoms with Crippen molar-refractivity contribution in [1.29, 1.82) is 0 Å². The van der Waals surface area contributed by atoms with Crippen molar-refractivity contribution in [2.45, 2.75) is 51.0 Å². The number of anilines is 1. The average molecular weight is 705 g/mol. The van der Waals surface area contributed by atoms with Crippen LogP contribution in [0.15, 0.2) is 78.9 Å². The number of ketones is 1. The molecule has 0 bridgehead atoms. The van der Waals surface area contributed by atoms with Gasteiger partial charge in [-0.2, -0.15) is 45.3 Å². The first-order chi connectivity index (χ1) is 22.0. The first-order valence-electron chi connectivity index (χ1n) is 15.4. The highest BCUT2D eigenvalue weighted by molar-refractivity contribution is 7.59. The topological polar surface area (TPSA) is 58.4 Å². The highest BCUT2D eigenvalue weighted by atomic mass is 32.1. The van der Waals surface area contributed by atoms with Gasteiger partial charge < -0.3 is 0 Å². The van der Waals surface area contributed by atoms with E-state index in [1.807, 2.05) is 30.3 Å². The summed E-state index contributed by atoms with van der Waals surface area (Å²) in [6.45, 7) is 3.43. The molecule has 48 heavy (non-hydrogen) atoms. The van der Waals surface area contributed by atoms with Crippen LogP contribution in [0, 0.1) is 11.7 Å². The lowest BCUT2D eigenvalue weighted by molar-refractivity contribution is -0.137. The largest absolute Gasteiger partial charge is 0.416 e. The minimum atomic E-state index is -4.64. The molecule has 0 N–H and O–H groups in total. The minimum absolute atomic E-state index is 0. The standard InChI is InChI=1S/C35H33F5N4O2.2H2S/c1-2-43-33-32(29(21-42-17-15-26(37)16-18-42)41-44(33)27-9-4-3-5-10-27)31(22-11-13-25(36)14-12-22)28(34(43)46)20-30(45)23-7-6-8-24(19-23)35(38,39)40;;/h3-14,19,26,28,31H,2,15-18,20-21H2,1H3;2*1H2/t28-,31+;;/m0../s1. The van der Waals surface area contributed by atoms with Gasteiger partial charge in [-0.1, -0.05) is 42.5 Å². The maximum Gasteiger partial charge on any atom is 0.416 e. The Morgan fingerprint density at radius 2 is 1.60 bits per heavy atom. The van der Waals surface area contributed by atoms with Crippen LogP contribution in [0.1, 0.15) is 64.8 Å². The number of Topliss-reactive ketones (excluding diaryl/α,β-unsaturated/α-hetero) is 1. The zero-order valence-electron chi connectivity index (χ0n) is 26.2. The number of carbonyl (C=O) groups excluding carboxylic acids is 2. The highest BCUT2D eigenvalue weighted by Gasteiger charge is 2.46. The van der Waals surface area contributed by atoms with Gasteiger partial charge in [0.1, 0.15) is 17.8 Å². The van der Waals surface area contributed by atoms with E-state index in [1.54, 1.807) is 28.6 Å². The van der Waals surface area contributed by atoms with Crippen molar-refractivity contribution in [3.63, 3.8) is 0 Å². The minimum Gasteiger partial charge on any atom is -0.297 e. The number of para-hydroxylation sites is 1. The van der Waals surface area contributed by atoms with Gasteiger partial charge >= 0.3 is 6.18 Å². The summed E-state index contributed by atoms with van der Waals surface area (Å²) in [6.07, 6.45) is -5.12. The van der Waals surface area contributed by atoms with Gasteiger partial charge in [0.25, 0.3) is 0 Å². The number of amides is 1. The van der Waals surface area contributed by atoms with Crippen LogP contribution in [-0.4, -0.2) is 52.2 Å². The Balaban J connectivity index is 0.00000260. The second kappa shape index (κ2) is 15.3. The van der Waals surface area contributed by atoms with Crippen LogP contribution in [0.4, 0.5) is 27.8 Å². The summed E-state index contributed by atoms with van der Waals surface area (Å²) in [6, 6.07) is 19.2. The Labute approximate surface area is 289 Å². The number of halogens is 5. The predicted molar refractivity (Wildman–Crippen MR) is 184 cm³/mol. The third-order valence-corrected chi connectivity index (χ3v) is 8.88. The van der Waals surface area contributed by atoms with Crippen molar-refractivity contribution in [3.8, 4) is 5.69 Å². The van der Waals surface area contributed by atoms with Crippen LogP contribution < -0.4 is 4.90 Å². The molecule has 0 unspecified atom stereocenters. The number of likely N-dealkylation sites (tertiary alicyclic amines) is 1. The molecular weight excluding hydrogens is 668 g/mol. The van der Waals surface area contributed by atoms with Crippen molar-refractivity contribution in [1.82, 2.24) is 14.7 Å². The average Bonchev–Trinajstić information content (AvgIpc) is 3.41. The number of benzene rings is 3. The van der Waals surface area contributed by atoms with Gasteiger partial charge in [-0.3, -0.25) is 19.4 Å². The van der Waals surface area contributed by atoms with Gasteiger partial charge in [0.05, 0.1) is 22.9 Å². The molecular formula is C35H37F5N4O2S2. The number of aromatic nitrogens is 2. The molecule has 13 heteroatoms. The van der Waals surface area contributed by atoms with Crippen LogP contribution in [0.25, 0.3) is 5.69 Å². The molecule has 3 heterocycles. The van der Waals surface area contributed by atoms with Crippen LogP contribution in [0.5, 0.6) is 0 Å². The van der Waals surface area contributed by atoms with Gasteiger partial charge in [-0.15, -0.1) is 0 Å². The van der Waals surface area contributed by atoms with Gasteiger partial charge in [-0.25, -0.2) is 13.5 Å². The van der Waals surface area contributed by atoms with Crippen molar-refractivity contribution in [2.75, 3.05) is 24.5 Å². The number of rotatable bonds is 8. The number of piperidine rings is 1. The Hall–Kier alpha value is -3.68. The molecule has 2 aliphatic rings. The van der Waals surface area contributed by atoms with Gasteiger partial charge in [0.15, 0.2) is 5.78 Å². The highest BCUT2D eigenvalue weighted by Crippen LogP contribution is 2.48. The first-order valence-corrected chi connectivity index (χ1v) is 15.4. The molecule has 1 fully saturated rings. The number of carbonyl (C=O) groups is 2. The van der Waals surface area contributed by atoms with Gasteiger partial charge in [0.2, 0.25) is 5.91 Å². The summed E-state index contributed by atoms with van der Waals surface area (Å²) < 4.78 is 70.4. The Bertz CT molecular complexity index is 1730. The van der Waals surface area contributed by atoms with E-state index in [2.05, 4.69) is 4.90 Å². The van der Waals surface area contributed by atoms with Crippen LogP contribution in [-0.2, 0) is 17.5 Å². The molecule has 0 radical (unpaired) electrons. The molecule has 0 spiro atoms. The van der Waals surface area contributed by atoms with E-state index in [0.29, 0.717) is 60.8 Å². The molecule has 0 aliphatic carbocycles. The Kier molecular flexibility index (Phi) is 11.8. The number of hydrogen-bond acceptors (Lipinski definition) is 4. The zero-order valence-corrected chi connectivity index (χ0v) is 28.2. The molecule has 6 rings (SSSR count). The van der Waals surface area contributed by atoms with E-state index in [1.165, 1.54) is 24.3 Å². The molecule has 4 aromatic rings. The summed E-state index contributed by atoms with van der Waals surface area (Å²) >= 11 is 0. The normalized spacial score (nSPS) is 18.5. The molecule has 0 saturated carbocycles. The number of hydrogen-bond donors (Lipinski definition) is 0. The van der Waals surface area contributed by atoms with E-state index in [0.717, 1.165) is 12.1 Å². The van der Waals surface area contributed by atoms with Crippen LogP contribution >= 0.6 is 27.0 Å². The van der Waals surface area contributed by atoms with Crippen molar-refractivity contribution < 1.29 is 31.5 Å². The third kappa shape index (κ3) is 7.47. The smallest absolute Gasteiger partial charge is 0.297 e. The maximum absolute atomic E-state index is 14.4. The first kappa shape index (κ1) is 37.1. The molecule has 3 aromatic carbocycles. The lowest BCUT2D eigenvalue weighted by Gasteiger charge is -2.38. The summed E-state index contributed by atoms with van der Waals surface area (Å²) in [5.74, 6) is -2.72. The van der Waals surface area contributed by atoms with Gasteiger partial charge in [-0.05, 0) is 61.7 Å². The molecule has 2 aliphatic heterocycles. The van der Waals surface area contributed by atoms with Gasteiger partial charge in [0, 0.05) is 49.6 Å². The Morgan fingerprint density at radius 3 is 2.23 bits per heavy atom. The fourth-order valence-corrected chi connectivity index (χ4v) is 6.60. The molecule has 256 valence electrons. The maximum atomic E-state index is 14.4. The van der Waals surface area contributed by atoms with E-state index in [4.69, 9.17) is 5.10 Å². The quantitative estimate of drug-likeness (QED) is 0.140. The monoisotopic (exact) mass is 704 g/mol. The summed E-state index contributed by atoms with van der Waals surface area (Å²) in [7, 11) is 0. The molecule has 1 saturated heterocycles. The van der Waals surface area contributed by atoms with E-state index in [-0.39, 0.29) is 51.4 Å². The lowest BCUT2D eigenvalue weighted by atomic mass is 9.74. The zero-order chi connectivity index (χ0) is 32.6. The fourth-order valence-electron chi connectivity index (χ4n) is 6.60. The SMILES string of the molecule is CCN1C(=O)[C@@H](CC(=O)c2cccc(C(F)(F)F)c2)[C@@H](c2ccc(F)cc2)c2c(CN3CCC(F)CC3)nn(-c3ccccc3)c21.S.S. The van der Waals surface area contributed by atoms with Crippen molar-refractivity contribution in [3.05, 3.63) is 113 Å². The Morgan fingerprint density at radius 1 is 0.938 bits per heavy atom. The number of alkyl halides is 4. The van der Waals surface area contributed by atoms with Crippen LogP contribution in [0.2, 0.25) is 0 Å². The lowest BCUT2D eigenvalue weighted by Crippen LogP contribution is -2.45. The van der Waals surface area contributed by atoms with E-state index in [9.17, 15) is 31.5 Å². The number of fused-ring (bicyclic) bond motifs is 1. The second-order valence-corrected chi connectivity index (χ2v) is 11.8. The third-order valence-electron chi connectivity index (χ3n) is 8.88. The summed E-state index contributed by atoms with van der Waals surface area (Å²) in [5, 5.41) is 5.01. The summed E-state index contributed by atoms with van der Waals surface area (Å²) in [4.78, 5) is 31.7. The second-order valence-electron chi connectivity index (χ2n) is 11.8. The fraction of sp³-hybridized carbons (Fsp3) is 0.343. The molecule has 1 amide bonds.